The maximum Gasteiger partial charge on any atom is 0.119 e. The average molecular weight is 235 g/mol. The largest absolute Gasteiger partial charge is 0.491 e. The fraction of sp³-hybridized carbons (Fsp3) is 0.571. The first-order chi connectivity index (χ1) is 8.10. The van der Waals surface area contributed by atoms with Crippen molar-refractivity contribution in [1.82, 2.24) is 0 Å². The maximum atomic E-state index is 6.37. The molecule has 1 unspecified atom stereocenters. The number of rotatable bonds is 3. The third-order valence-electron chi connectivity index (χ3n) is 3.07. The Morgan fingerprint density at radius 3 is 2.53 bits per heavy atom. The van der Waals surface area contributed by atoms with Crippen LogP contribution in [0.3, 0.4) is 0 Å². The minimum atomic E-state index is -0.325. The third kappa shape index (κ3) is 2.99. The molecular weight excluding hydrogens is 214 g/mol. The van der Waals surface area contributed by atoms with E-state index >= 15 is 0 Å². The van der Waals surface area contributed by atoms with Crippen LogP contribution in [0.4, 0.5) is 0 Å². The van der Waals surface area contributed by atoms with Crippen molar-refractivity contribution in [3.05, 3.63) is 29.8 Å². The highest BCUT2D eigenvalue weighted by Gasteiger charge is 2.30. The molecule has 0 amide bonds. The van der Waals surface area contributed by atoms with Gasteiger partial charge in [-0.1, -0.05) is 12.1 Å². The van der Waals surface area contributed by atoms with Gasteiger partial charge in [-0.05, 0) is 44.4 Å². The predicted octanol–water partition coefficient (Wildman–Crippen LogP) is 2.44. The van der Waals surface area contributed by atoms with Crippen LogP contribution in [0.1, 0.15) is 32.3 Å². The molecule has 17 heavy (non-hydrogen) atoms. The Morgan fingerprint density at radius 2 is 2.00 bits per heavy atom. The summed E-state index contributed by atoms with van der Waals surface area (Å²) in [5, 5.41) is 0. The highest BCUT2D eigenvalue weighted by Crippen LogP contribution is 2.29. The molecule has 0 bridgehead atoms. The van der Waals surface area contributed by atoms with Crippen molar-refractivity contribution in [2.75, 3.05) is 13.2 Å². The van der Waals surface area contributed by atoms with Crippen LogP contribution >= 0.6 is 0 Å². The molecule has 1 heterocycles. The van der Waals surface area contributed by atoms with Crippen molar-refractivity contribution >= 4 is 0 Å². The lowest BCUT2D eigenvalue weighted by atomic mass is 9.86. The summed E-state index contributed by atoms with van der Waals surface area (Å²) in [5.41, 5.74) is 7.17. The Hall–Kier alpha value is -1.06. The van der Waals surface area contributed by atoms with E-state index in [2.05, 4.69) is 0 Å². The monoisotopic (exact) mass is 235 g/mol. The van der Waals surface area contributed by atoms with E-state index in [1.54, 1.807) is 0 Å². The molecule has 1 fully saturated rings. The minimum absolute atomic E-state index is 0.200. The van der Waals surface area contributed by atoms with E-state index in [-0.39, 0.29) is 11.6 Å². The molecule has 0 radical (unpaired) electrons. The van der Waals surface area contributed by atoms with E-state index < -0.39 is 0 Å². The van der Waals surface area contributed by atoms with E-state index in [4.69, 9.17) is 15.2 Å². The molecule has 0 spiro atoms. The Kier molecular flexibility index (Phi) is 3.69. The van der Waals surface area contributed by atoms with Gasteiger partial charge < -0.3 is 15.2 Å². The second-order valence-electron chi connectivity index (χ2n) is 5.00. The average Bonchev–Trinajstić information content (AvgIpc) is 2.30. The van der Waals surface area contributed by atoms with Gasteiger partial charge in [-0.3, -0.25) is 0 Å². The summed E-state index contributed by atoms with van der Waals surface area (Å²) in [4.78, 5) is 0. The minimum Gasteiger partial charge on any atom is -0.491 e. The van der Waals surface area contributed by atoms with E-state index in [0.717, 1.165) is 30.8 Å². The molecule has 1 aromatic carbocycles. The molecule has 1 atom stereocenters. The number of ether oxygens (including phenoxy) is 2. The smallest absolute Gasteiger partial charge is 0.119 e. The molecule has 0 saturated carbocycles. The van der Waals surface area contributed by atoms with Crippen LogP contribution in [0.5, 0.6) is 5.75 Å². The predicted molar refractivity (Wildman–Crippen MR) is 68.1 cm³/mol. The maximum absolute atomic E-state index is 6.37. The number of hydrogen-bond acceptors (Lipinski definition) is 3. The van der Waals surface area contributed by atoms with Crippen molar-refractivity contribution in [2.24, 2.45) is 5.73 Å². The van der Waals surface area contributed by atoms with Gasteiger partial charge in [-0.25, -0.2) is 0 Å². The van der Waals surface area contributed by atoms with Gasteiger partial charge in [0.25, 0.3) is 0 Å². The highest BCUT2D eigenvalue weighted by atomic mass is 16.5. The summed E-state index contributed by atoms with van der Waals surface area (Å²) in [5.74, 6) is 0.893. The van der Waals surface area contributed by atoms with Gasteiger partial charge in [-0.2, -0.15) is 0 Å². The molecule has 1 aliphatic heterocycles. The van der Waals surface area contributed by atoms with Crippen LogP contribution in [0.2, 0.25) is 0 Å². The lowest BCUT2D eigenvalue weighted by Crippen LogP contribution is -2.44. The fourth-order valence-corrected chi connectivity index (χ4v) is 2.18. The molecule has 0 aromatic heterocycles. The third-order valence-corrected chi connectivity index (χ3v) is 3.07. The Labute approximate surface area is 103 Å². The lowest BCUT2D eigenvalue weighted by Gasteiger charge is -2.33. The van der Waals surface area contributed by atoms with Crippen LogP contribution in [-0.2, 0) is 10.3 Å². The first-order valence-electron chi connectivity index (χ1n) is 6.24. The fourth-order valence-electron chi connectivity index (χ4n) is 2.18. The van der Waals surface area contributed by atoms with Crippen molar-refractivity contribution in [3.8, 4) is 5.75 Å². The van der Waals surface area contributed by atoms with Gasteiger partial charge in [0.05, 0.1) is 18.2 Å². The first-order valence-corrected chi connectivity index (χ1v) is 6.24. The molecule has 1 aliphatic rings. The van der Waals surface area contributed by atoms with Crippen molar-refractivity contribution in [2.45, 2.75) is 38.3 Å². The molecule has 3 nitrogen and oxygen atoms in total. The van der Waals surface area contributed by atoms with Crippen LogP contribution in [0.25, 0.3) is 0 Å². The van der Waals surface area contributed by atoms with Gasteiger partial charge in [-0.15, -0.1) is 0 Å². The number of hydrogen-bond donors (Lipinski definition) is 1. The molecule has 1 aromatic rings. The van der Waals surface area contributed by atoms with Crippen LogP contribution in [0.15, 0.2) is 24.3 Å². The van der Waals surface area contributed by atoms with Gasteiger partial charge >= 0.3 is 0 Å². The summed E-state index contributed by atoms with van der Waals surface area (Å²) >= 11 is 0. The molecule has 0 aliphatic carbocycles. The van der Waals surface area contributed by atoms with Crippen molar-refractivity contribution < 1.29 is 9.47 Å². The molecule has 1 saturated heterocycles. The summed E-state index contributed by atoms with van der Waals surface area (Å²) in [7, 11) is 0. The van der Waals surface area contributed by atoms with E-state index in [1.165, 1.54) is 0 Å². The molecular formula is C14H21NO2. The highest BCUT2D eigenvalue weighted by molar-refractivity contribution is 5.32. The van der Waals surface area contributed by atoms with Crippen LogP contribution < -0.4 is 10.5 Å². The van der Waals surface area contributed by atoms with E-state index in [9.17, 15) is 0 Å². The van der Waals surface area contributed by atoms with Gasteiger partial charge in [0.1, 0.15) is 5.75 Å². The molecule has 2 rings (SSSR count). The van der Waals surface area contributed by atoms with Crippen molar-refractivity contribution in [3.63, 3.8) is 0 Å². The zero-order valence-electron chi connectivity index (χ0n) is 10.6. The first kappa shape index (κ1) is 12.4. The Balaban J connectivity index is 2.11. The second-order valence-corrected chi connectivity index (χ2v) is 5.00. The lowest BCUT2D eigenvalue weighted by molar-refractivity contribution is 0.0366. The van der Waals surface area contributed by atoms with Crippen LogP contribution in [0, 0.1) is 0 Å². The standard InChI is InChI=1S/C14H21NO2/c1-11(2)17-13-6-4-12(5-7-13)14(15)8-3-9-16-10-14/h4-7,11H,3,8-10,15H2,1-2H3. The van der Waals surface area contributed by atoms with Crippen molar-refractivity contribution in [1.29, 1.82) is 0 Å². The van der Waals surface area contributed by atoms with E-state index in [0.29, 0.717) is 6.61 Å². The van der Waals surface area contributed by atoms with Gasteiger partial charge in [0.15, 0.2) is 0 Å². The quantitative estimate of drug-likeness (QED) is 0.875. The Bertz CT molecular complexity index is 353. The number of benzene rings is 1. The zero-order chi connectivity index (χ0) is 12.3. The molecule has 2 N–H and O–H groups in total. The Morgan fingerprint density at radius 1 is 1.29 bits per heavy atom. The summed E-state index contributed by atoms with van der Waals surface area (Å²) < 4.78 is 11.1. The van der Waals surface area contributed by atoms with Gasteiger partial charge in [0, 0.05) is 6.61 Å². The second kappa shape index (κ2) is 5.07. The topological polar surface area (TPSA) is 44.5 Å². The summed E-state index contributed by atoms with van der Waals surface area (Å²) in [6.45, 7) is 5.48. The summed E-state index contributed by atoms with van der Waals surface area (Å²) in [6, 6.07) is 8.07. The molecule has 3 heteroatoms. The zero-order valence-corrected chi connectivity index (χ0v) is 10.6. The SMILES string of the molecule is CC(C)Oc1ccc(C2(N)CCCOC2)cc1. The normalized spacial score (nSPS) is 24.9. The van der Waals surface area contributed by atoms with E-state index in [1.807, 2.05) is 38.1 Å². The molecule has 94 valence electrons. The van der Waals surface area contributed by atoms with Gasteiger partial charge in [0.2, 0.25) is 0 Å². The number of nitrogens with two attached hydrogens (primary N) is 1. The van der Waals surface area contributed by atoms with Crippen LogP contribution in [-0.4, -0.2) is 19.3 Å². The summed E-state index contributed by atoms with van der Waals surface area (Å²) in [6.07, 6.45) is 2.21.